The van der Waals surface area contributed by atoms with Crippen molar-refractivity contribution < 1.29 is 23.9 Å². The van der Waals surface area contributed by atoms with Crippen LogP contribution in [0.1, 0.15) is 17.3 Å². The fraction of sp³-hybridized carbons (Fsp3) is 0.308. The van der Waals surface area contributed by atoms with Crippen molar-refractivity contribution in [1.29, 1.82) is 0 Å². The number of nitrogens with one attached hydrogen (secondary N) is 1. The van der Waals surface area contributed by atoms with Crippen LogP contribution in [0.3, 0.4) is 0 Å². The SMILES string of the molecule is CCOc1ccccc1C(=O)OCC(=O)NCC(N)=O. The minimum Gasteiger partial charge on any atom is -0.493 e. The predicted molar refractivity (Wildman–Crippen MR) is 70.1 cm³/mol. The molecule has 2 amide bonds. The third-order valence-electron chi connectivity index (χ3n) is 2.20. The summed E-state index contributed by atoms with van der Waals surface area (Å²) in [7, 11) is 0. The Balaban J connectivity index is 2.54. The Morgan fingerprint density at radius 1 is 1.25 bits per heavy atom. The Morgan fingerprint density at radius 2 is 1.95 bits per heavy atom. The van der Waals surface area contributed by atoms with Crippen LogP contribution in [-0.2, 0) is 14.3 Å². The first-order chi connectivity index (χ1) is 9.54. The standard InChI is InChI=1S/C13H16N2O5/c1-2-19-10-6-4-3-5-9(10)13(18)20-8-12(17)15-7-11(14)16/h3-6H,2,7-8H2,1H3,(H2,14,16)(H,15,17). The number of amides is 2. The van der Waals surface area contributed by atoms with E-state index in [0.717, 1.165) is 0 Å². The van der Waals surface area contributed by atoms with E-state index in [9.17, 15) is 14.4 Å². The van der Waals surface area contributed by atoms with Crippen molar-refractivity contribution in [1.82, 2.24) is 5.32 Å². The highest BCUT2D eigenvalue weighted by molar-refractivity contribution is 5.94. The zero-order valence-corrected chi connectivity index (χ0v) is 11.0. The van der Waals surface area contributed by atoms with Crippen LogP contribution in [-0.4, -0.2) is 37.5 Å². The van der Waals surface area contributed by atoms with Crippen LogP contribution in [0.5, 0.6) is 5.75 Å². The molecule has 1 aromatic carbocycles. The van der Waals surface area contributed by atoms with Crippen LogP contribution in [0.4, 0.5) is 0 Å². The molecule has 0 atom stereocenters. The molecule has 0 saturated heterocycles. The number of carbonyl (C=O) groups excluding carboxylic acids is 3. The zero-order chi connectivity index (χ0) is 15.0. The fourth-order valence-electron chi connectivity index (χ4n) is 1.36. The number of esters is 1. The molecular formula is C13H16N2O5. The van der Waals surface area contributed by atoms with Crippen molar-refractivity contribution in [3.8, 4) is 5.75 Å². The van der Waals surface area contributed by atoms with E-state index in [-0.39, 0.29) is 12.1 Å². The van der Waals surface area contributed by atoms with Crippen LogP contribution in [0, 0.1) is 0 Å². The predicted octanol–water partition coefficient (Wildman–Crippen LogP) is -0.156. The third kappa shape index (κ3) is 4.97. The summed E-state index contributed by atoms with van der Waals surface area (Å²) in [5.74, 6) is -1.57. The van der Waals surface area contributed by atoms with Crippen molar-refractivity contribution in [2.24, 2.45) is 5.73 Å². The topological polar surface area (TPSA) is 108 Å². The van der Waals surface area contributed by atoms with E-state index >= 15 is 0 Å². The van der Waals surface area contributed by atoms with Gasteiger partial charge in [0.1, 0.15) is 11.3 Å². The van der Waals surface area contributed by atoms with Crippen molar-refractivity contribution in [2.45, 2.75) is 6.92 Å². The molecule has 0 unspecified atom stereocenters. The summed E-state index contributed by atoms with van der Waals surface area (Å²) < 4.78 is 10.1. The van der Waals surface area contributed by atoms with E-state index in [0.29, 0.717) is 12.4 Å². The van der Waals surface area contributed by atoms with Gasteiger partial charge in [0.25, 0.3) is 5.91 Å². The fourth-order valence-corrected chi connectivity index (χ4v) is 1.36. The van der Waals surface area contributed by atoms with E-state index in [2.05, 4.69) is 5.32 Å². The minimum atomic E-state index is -0.678. The molecule has 1 aromatic rings. The maximum Gasteiger partial charge on any atom is 0.342 e. The van der Waals surface area contributed by atoms with Gasteiger partial charge in [0.2, 0.25) is 5.91 Å². The molecule has 0 heterocycles. The van der Waals surface area contributed by atoms with E-state index < -0.39 is 24.4 Å². The van der Waals surface area contributed by atoms with Crippen LogP contribution >= 0.6 is 0 Å². The van der Waals surface area contributed by atoms with Gasteiger partial charge < -0.3 is 20.5 Å². The van der Waals surface area contributed by atoms with E-state index in [4.69, 9.17) is 15.2 Å². The van der Waals surface area contributed by atoms with Gasteiger partial charge in [0.05, 0.1) is 13.2 Å². The molecule has 7 nitrogen and oxygen atoms in total. The Hall–Kier alpha value is -2.57. The van der Waals surface area contributed by atoms with Gasteiger partial charge in [0, 0.05) is 0 Å². The lowest BCUT2D eigenvalue weighted by Crippen LogP contribution is -2.36. The molecular weight excluding hydrogens is 264 g/mol. The Labute approximate surface area is 116 Å². The lowest BCUT2D eigenvalue weighted by atomic mass is 10.2. The summed E-state index contributed by atoms with van der Waals surface area (Å²) in [4.78, 5) is 33.5. The molecule has 1 rings (SSSR count). The largest absolute Gasteiger partial charge is 0.493 e. The maximum absolute atomic E-state index is 11.8. The number of nitrogens with two attached hydrogens (primary N) is 1. The third-order valence-corrected chi connectivity index (χ3v) is 2.20. The highest BCUT2D eigenvalue weighted by Crippen LogP contribution is 2.18. The summed E-state index contributed by atoms with van der Waals surface area (Å²) in [6.45, 7) is 1.40. The van der Waals surface area contributed by atoms with Gasteiger partial charge in [-0.2, -0.15) is 0 Å². The summed E-state index contributed by atoms with van der Waals surface area (Å²) in [6.07, 6.45) is 0. The molecule has 0 aromatic heterocycles. The number of hydrogen-bond donors (Lipinski definition) is 2. The molecule has 3 N–H and O–H groups in total. The number of benzene rings is 1. The van der Waals surface area contributed by atoms with Gasteiger partial charge in [-0.3, -0.25) is 9.59 Å². The molecule has 0 fully saturated rings. The van der Waals surface area contributed by atoms with Gasteiger partial charge in [0.15, 0.2) is 6.61 Å². The number of rotatable bonds is 7. The van der Waals surface area contributed by atoms with Gasteiger partial charge in [-0.1, -0.05) is 12.1 Å². The van der Waals surface area contributed by atoms with Crippen molar-refractivity contribution in [2.75, 3.05) is 19.8 Å². The highest BCUT2D eigenvalue weighted by Gasteiger charge is 2.15. The van der Waals surface area contributed by atoms with E-state index in [1.807, 2.05) is 0 Å². The van der Waals surface area contributed by atoms with E-state index in [1.165, 1.54) is 6.07 Å². The molecule has 108 valence electrons. The smallest absolute Gasteiger partial charge is 0.342 e. The van der Waals surface area contributed by atoms with Crippen molar-refractivity contribution >= 4 is 17.8 Å². The molecule has 0 radical (unpaired) electrons. The first-order valence-electron chi connectivity index (χ1n) is 5.98. The molecule has 0 aliphatic heterocycles. The number of ether oxygens (including phenoxy) is 2. The van der Waals surface area contributed by atoms with Gasteiger partial charge in [-0.05, 0) is 19.1 Å². The molecule has 0 bridgehead atoms. The van der Waals surface area contributed by atoms with Crippen molar-refractivity contribution in [3.05, 3.63) is 29.8 Å². The first kappa shape index (κ1) is 15.5. The summed E-state index contributed by atoms with van der Waals surface area (Å²) >= 11 is 0. The summed E-state index contributed by atoms with van der Waals surface area (Å²) in [6, 6.07) is 6.55. The lowest BCUT2D eigenvalue weighted by molar-refractivity contribution is -0.127. The minimum absolute atomic E-state index is 0.233. The molecule has 20 heavy (non-hydrogen) atoms. The second-order valence-electron chi connectivity index (χ2n) is 3.75. The number of para-hydroxylation sites is 1. The lowest BCUT2D eigenvalue weighted by Gasteiger charge is -2.09. The Bertz CT molecular complexity index is 501. The zero-order valence-electron chi connectivity index (χ0n) is 11.0. The normalized spacial score (nSPS) is 9.65. The van der Waals surface area contributed by atoms with Crippen LogP contribution in [0.25, 0.3) is 0 Å². The van der Waals surface area contributed by atoms with Crippen LogP contribution < -0.4 is 15.8 Å². The highest BCUT2D eigenvalue weighted by atomic mass is 16.5. The van der Waals surface area contributed by atoms with Crippen LogP contribution in [0.2, 0.25) is 0 Å². The second-order valence-corrected chi connectivity index (χ2v) is 3.75. The molecule has 7 heteroatoms. The maximum atomic E-state index is 11.8. The average Bonchev–Trinajstić information content (AvgIpc) is 2.43. The quantitative estimate of drug-likeness (QED) is 0.675. The van der Waals surface area contributed by atoms with Gasteiger partial charge >= 0.3 is 5.97 Å². The summed E-state index contributed by atoms with van der Waals surface area (Å²) in [5, 5.41) is 2.21. The van der Waals surface area contributed by atoms with Gasteiger partial charge in [-0.25, -0.2) is 4.79 Å². The summed E-state index contributed by atoms with van der Waals surface area (Å²) in [5.41, 5.74) is 5.10. The van der Waals surface area contributed by atoms with Crippen LogP contribution in [0.15, 0.2) is 24.3 Å². The van der Waals surface area contributed by atoms with Crippen molar-refractivity contribution in [3.63, 3.8) is 0 Å². The number of hydrogen-bond acceptors (Lipinski definition) is 5. The van der Waals surface area contributed by atoms with E-state index in [1.54, 1.807) is 25.1 Å². The molecule has 0 aliphatic rings. The second kappa shape index (κ2) is 7.78. The average molecular weight is 280 g/mol. The molecule has 0 aliphatic carbocycles. The number of carbonyl (C=O) groups is 3. The van der Waals surface area contributed by atoms with Gasteiger partial charge in [-0.15, -0.1) is 0 Å². The molecule has 0 spiro atoms. The monoisotopic (exact) mass is 280 g/mol. The Morgan fingerprint density at radius 3 is 2.60 bits per heavy atom. The number of primary amides is 1. The first-order valence-corrected chi connectivity index (χ1v) is 5.98. The molecule has 0 saturated carbocycles. The Kier molecular flexibility index (Phi) is 6.02.